The van der Waals surface area contributed by atoms with Crippen LogP contribution in [-0.4, -0.2) is 32.6 Å². The summed E-state index contributed by atoms with van der Waals surface area (Å²) >= 11 is 5.85. The summed E-state index contributed by atoms with van der Waals surface area (Å²) in [4.78, 5) is 11.8. The number of benzene rings is 1. The highest BCUT2D eigenvalue weighted by Crippen LogP contribution is 2.22. The molecule has 0 unspecified atom stereocenters. The van der Waals surface area contributed by atoms with E-state index in [2.05, 4.69) is 25.9 Å². The number of tetrazole rings is 1. The van der Waals surface area contributed by atoms with E-state index in [0.717, 1.165) is 5.56 Å². The number of aryl methyl sites for hydroxylation is 1. The highest BCUT2D eigenvalue weighted by molar-refractivity contribution is 6.30. The van der Waals surface area contributed by atoms with Crippen LogP contribution in [0.15, 0.2) is 18.2 Å². The number of hydrogen-bond donors (Lipinski definition) is 2. The molecule has 2 aromatic rings. The number of halogens is 1. The van der Waals surface area contributed by atoms with Crippen LogP contribution in [0, 0.1) is 6.92 Å². The Balaban J connectivity index is 2.00. The summed E-state index contributed by atoms with van der Waals surface area (Å²) in [5.41, 5.74) is 0.853. The molecule has 1 atom stereocenters. The van der Waals surface area contributed by atoms with E-state index in [-0.39, 0.29) is 11.9 Å². The van der Waals surface area contributed by atoms with Gasteiger partial charge in [-0.1, -0.05) is 16.7 Å². The van der Waals surface area contributed by atoms with E-state index in [1.54, 1.807) is 25.1 Å². The smallest absolute Gasteiger partial charge is 0.269 e. The van der Waals surface area contributed by atoms with E-state index in [1.807, 2.05) is 6.92 Å². The van der Waals surface area contributed by atoms with Gasteiger partial charge in [0.05, 0.1) is 0 Å². The molecule has 1 amide bonds. The summed E-state index contributed by atoms with van der Waals surface area (Å²) < 4.78 is 5.55. The molecule has 0 bridgehead atoms. The van der Waals surface area contributed by atoms with Crippen molar-refractivity contribution in [2.24, 2.45) is 0 Å². The van der Waals surface area contributed by atoms with Crippen LogP contribution in [0.2, 0.25) is 5.02 Å². The van der Waals surface area contributed by atoms with E-state index < -0.39 is 6.10 Å². The fourth-order valence-corrected chi connectivity index (χ4v) is 1.64. The van der Waals surface area contributed by atoms with Gasteiger partial charge in [-0.25, -0.2) is 0 Å². The van der Waals surface area contributed by atoms with E-state index in [0.29, 0.717) is 10.8 Å². The van der Waals surface area contributed by atoms with Gasteiger partial charge in [-0.15, -0.1) is 5.10 Å². The fraction of sp³-hybridized carbons (Fsp3) is 0.273. The second-order valence-corrected chi connectivity index (χ2v) is 4.33. The number of ether oxygens (including phenoxy) is 1. The molecule has 0 fully saturated rings. The summed E-state index contributed by atoms with van der Waals surface area (Å²) in [6, 6.07) is 5.18. The molecule has 1 aromatic carbocycles. The monoisotopic (exact) mass is 281 g/mol. The molecule has 0 saturated heterocycles. The zero-order valence-electron chi connectivity index (χ0n) is 10.3. The van der Waals surface area contributed by atoms with Gasteiger partial charge in [0.15, 0.2) is 6.10 Å². The van der Waals surface area contributed by atoms with Gasteiger partial charge >= 0.3 is 0 Å². The first kappa shape index (κ1) is 13.3. The first-order valence-corrected chi connectivity index (χ1v) is 5.91. The van der Waals surface area contributed by atoms with E-state index in [4.69, 9.17) is 16.3 Å². The van der Waals surface area contributed by atoms with Crippen LogP contribution in [-0.2, 0) is 4.79 Å². The van der Waals surface area contributed by atoms with Gasteiger partial charge in [-0.2, -0.15) is 5.21 Å². The van der Waals surface area contributed by atoms with E-state index in [9.17, 15) is 4.79 Å². The molecule has 19 heavy (non-hydrogen) atoms. The van der Waals surface area contributed by atoms with Crippen LogP contribution in [0.25, 0.3) is 0 Å². The van der Waals surface area contributed by atoms with Crippen LogP contribution in [0.1, 0.15) is 12.5 Å². The average Bonchev–Trinajstić information content (AvgIpc) is 2.85. The molecule has 0 aliphatic carbocycles. The highest BCUT2D eigenvalue weighted by Gasteiger charge is 2.17. The molecule has 2 rings (SSSR count). The Morgan fingerprint density at radius 3 is 2.95 bits per heavy atom. The highest BCUT2D eigenvalue weighted by atomic mass is 35.5. The molecule has 0 spiro atoms. The third kappa shape index (κ3) is 3.41. The van der Waals surface area contributed by atoms with E-state index in [1.165, 1.54) is 0 Å². The van der Waals surface area contributed by atoms with Crippen molar-refractivity contribution in [2.75, 3.05) is 5.32 Å². The Bertz CT molecular complexity index is 572. The SMILES string of the molecule is Cc1cc(Cl)ccc1O[C@@H](C)C(=O)Nc1nn[nH]n1. The van der Waals surface area contributed by atoms with Crippen LogP contribution in [0.5, 0.6) is 5.75 Å². The molecule has 0 aliphatic heterocycles. The predicted octanol–water partition coefficient (Wildman–Crippen LogP) is 1.57. The first-order chi connectivity index (χ1) is 9.06. The molecule has 0 aliphatic rings. The quantitative estimate of drug-likeness (QED) is 0.887. The second kappa shape index (κ2) is 5.66. The number of nitrogens with zero attached hydrogens (tertiary/aromatic N) is 3. The Kier molecular flexibility index (Phi) is 3.96. The van der Waals surface area contributed by atoms with Gasteiger partial charge in [-0.3, -0.25) is 10.1 Å². The fourth-order valence-electron chi connectivity index (χ4n) is 1.42. The minimum Gasteiger partial charge on any atom is -0.481 e. The first-order valence-electron chi connectivity index (χ1n) is 5.53. The van der Waals surface area contributed by atoms with Crippen LogP contribution in [0.3, 0.4) is 0 Å². The van der Waals surface area contributed by atoms with Gasteiger partial charge in [0.1, 0.15) is 5.75 Å². The number of rotatable bonds is 4. The van der Waals surface area contributed by atoms with Crippen molar-refractivity contribution >= 4 is 23.5 Å². The largest absolute Gasteiger partial charge is 0.481 e. The topological polar surface area (TPSA) is 92.8 Å². The van der Waals surface area contributed by atoms with Gasteiger partial charge in [-0.05, 0) is 42.8 Å². The Labute approximate surface area is 114 Å². The lowest BCUT2D eigenvalue weighted by molar-refractivity contribution is -0.122. The molecular weight excluding hydrogens is 270 g/mol. The lowest BCUT2D eigenvalue weighted by Gasteiger charge is -2.15. The molecule has 1 aromatic heterocycles. The maximum Gasteiger partial charge on any atom is 0.269 e. The van der Waals surface area contributed by atoms with Gasteiger partial charge in [0.25, 0.3) is 11.9 Å². The number of hydrogen-bond acceptors (Lipinski definition) is 5. The Hall–Kier alpha value is -2.15. The van der Waals surface area contributed by atoms with Crippen molar-refractivity contribution in [3.63, 3.8) is 0 Å². The standard InChI is InChI=1S/C11H12ClN5O2/c1-6-5-8(12)3-4-9(6)19-7(2)10(18)13-11-14-16-17-15-11/h3-5,7H,1-2H3,(H2,13,14,15,16,17,18)/t7-/m0/s1. The number of nitrogens with one attached hydrogen (secondary N) is 2. The van der Waals surface area contributed by atoms with Crippen molar-refractivity contribution < 1.29 is 9.53 Å². The third-order valence-corrected chi connectivity index (χ3v) is 2.63. The van der Waals surface area contributed by atoms with Gasteiger partial charge < -0.3 is 4.74 Å². The van der Waals surface area contributed by atoms with Crippen molar-refractivity contribution in [1.29, 1.82) is 0 Å². The maximum absolute atomic E-state index is 11.8. The molecular formula is C11H12ClN5O2. The summed E-state index contributed by atoms with van der Waals surface area (Å²) in [7, 11) is 0. The summed E-state index contributed by atoms with van der Waals surface area (Å²) in [6.07, 6.45) is -0.696. The minimum atomic E-state index is -0.696. The summed E-state index contributed by atoms with van der Waals surface area (Å²) in [5, 5.41) is 15.9. The Morgan fingerprint density at radius 2 is 2.32 bits per heavy atom. The summed E-state index contributed by atoms with van der Waals surface area (Å²) in [5.74, 6) is 0.337. The van der Waals surface area contributed by atoms with Gasteiger partial charge in [0.2, 0.25) is 0 Å². The number of anilines is 1. The molecule has 100 valence electrons. The minimum absolute atomic E-state index is 0.105. The second-order valence-electron chi connectivity index (χ2n) is 3.89. The van der Waals surface area contributed by atoms with Crippen molar-refractivity contribution in [2.45, 2.75) is 20.0 Å². The average molecular weight is 282 g/mol. The lowest BCUT2D eigenvalue weighted by Crippen LogP contribution is -2.30. The van der Waals surface area contributed by atoms with Crippen LogP contribution in [0.4, 0.5) is 5.95 Å². The van der Waals surface area contributed by atoms with Crippen LogP contribution < -0.4 is 10.1 Å². The molecule has 0 radical (unpaired) electrons. The number of aromatic amines is 1. The zero-order chi connectivity index (χ0) is 13.8. The lowest BCUT2D eigenvalue weighted by atomic mass is 10.2. The zero-order valence-corrected chi connectivity index (χ0v) is 11.1. The predicted molar refractivity (Wildman–Crippen MR) is 69.1 cm³/mol. The molecule has 7 nitrogen and oxygen atoms in total. The number of amides is 1. The Morgan fingerprint density at radius 1 is 1.53 bits per heavy atom. The van der Waals surface area contributed by atoms with E-state index >= 15 is 0 Å². The molecule has 0 saturated carbocycles. The van der Waals surface area contributed by atoms with Crippen molar-refractivity contribution in [1.82, 2.24) is 20.6 Å². The maximum atomic E-state index is 11.8. The molecule has 8 heteroatoms. The molecule has 1 heterocycles. The number of carbonyl (C=O) groups is 1. The normalized spacial score (nSPS) is 11.9. The van der Waals surface area contributed by atoms with Crippen LogP contribution >= 0.6 is 11.6 Å². The molecule has 2 N–H and O–H groups in total. The van der Waals surface area contributed by atoms with Crippen molar-refractivity contribution in [3.05, 3.63) is 28.8 Å². The number of aromatic nitrogens is 4. The van der Waals surface area contributed by atoms with Crippen molar-refractivity contribution in [3.8, 4) is 5.75 Å². The number of H-pyrrole nitrogens is 1. The van der Waals surface area contributed by atoms with Gasteiger partial charge in [0, 0.05) is 5.02 Å². The number of carbonyl (C=O) groups excluding carboxylic acids is 1. The third-order valence-electron chi connectivity index (χ3n) is 2.39. The summed E-state index contributed by atoms with van der Waals surface area (Å²) in [6.45, 7) is 3.48.